The van der Waals surface area contributed by atoms with Crippen LogP contribution in [0.3, 0.4) is 0 Å². The van der Waals surface area contributed by atoms with Crippen molar-refractivity contribution in [1.29, 1.82) is 0 Å². The molecule has 12 nitrogen and oxygen atoms in total. The predicted octanol–water partition coefficient (Wildman–Crippen LogP) is 9.05. The van der Waals surface area contributed by atoms with Gasteiger partial charge in [0.1, 0.15) is 0 Å². The lowest BCUT2D eigenvalue weighted by atomic mass is 9.98. The largest absolute Gasteiger partial charge is 0.243 e. The molecule has 2 aliphatic rings. The molecular weight excluding hydrogens is 937 g/mol. The van der Waals surface area contributed by atoms with Crippen LogP contribution in [0.1, 0.15) is 105 Å². The zero-order valence-electron chi connectivity index (χ0n) is 42.4. The molecule has 2 heterocycles. The molecule has 374 valence electrons. The summed E-state index contributed by atoms with van der Waals surface area (Å²) in [5.41, 5.74) is 9.37. The average molecular weight is 1010 g/mol. The van der Waals surface area contributed by atoms with Gasteiger partial charge in [-0.1, -0.05) is 70.8 Å². The van der Waals surface area contributed by atoms with Gasteiger partial charge in [-0.3, -0.25) is 0 Å². The van der Waals surface area contributed by atoms with Gasteiger partial charge in [-0.05, 0) is 178 Å². The van der Waals surface area contributed by atoms with E-state index in [0.29, 0.717) is 92.8 Å². The van der Waals surface area contributed by atoms with Crippen molar-refractivity contribution >= 4 is 40.1 Å². The van der Waals surface area contributed by atoms with Crippen molar-refractivity contribution in [3.63, 3.8) is 0 Å². The smallest absolute Gasteiger partial charge is 0.207 e. The second-order valence-electron chi connectivity index (χ2n) is 20.0. The van der Waals surface area contributed by atoms with Crippen molar-refractivity contribution in [3.8, 4) is 0 Å². The summed E-state index contributed by atoms with van der Waals surface area (Å²) in [6.45, 7) is 24.1. The molecule has 2 fully saturated rings. The maximum absolute atomic E-state index is 14.8. The lowest BCUT2D eigenvalue weighted by Gasteiger charge is -2.35. The monoisotopic (exact) mass is 1010 g/mol. The molecule has 0 bridgehead atoms. The van der Waals surface area contributed by atoms with Crippen LogP contribution in [0.2, 0.25) is 0 Å². The Morgan fingerprint density at radius 1 is 0.382 bits per heavy atom. The minimum absolute atomic E-state index is 0.0969. The van der Waals surface area contributed by atoms with Gasteiger partial charge in [0.05, 0.1) is 19.6 Å². The van der Waals surface area contributed by atoms with E-state index in [2.05, 4.69) is 0 Å². The fraction of sp³-hybridized carbons (Fsp3) is 0.538. The van der Waals surface area contributed by atoms with Crippen LogP contribution in [0.5, 0.6) is 0 Å². The van der Waals surface area contributed by atoms with Crippen LogP contribution in [-0.4, -0.2) is 103 Å². The zero-order valence-corrected chi connectivity index (χ0v) is 45.6. The minimum atomic E-state index is -4.02. The van der Waals surface area contributed by atoms with Crippen molar-refractivity contribution in [2.45, 2.75) is 141 Å². The number of piperidine rings is 2. The molecular formula is C52H74N4O8S4. The fourth-order valence-electron chi connectivity index (χ4n) is 11.2. The summed E-state index contributed by atoms with van der Waals surface area (Å²) in [4.78, 5) is 1.20. The van der Waals surface area contributed by atoms with Crippen molar-refractivity contribution in [3.05, 3.63) is 115 Å². The summed E-state index contributed by atoms with van der Waals surface area (Å²) in [5.74, 6) is -0.194. The number of benzene rings is 4. The van der Waals surface area contributed by atoms with Crippen LogP contribution in [0.25, 0.3) is 0 Å². The second-order valence-corrected chi connectivity index (χ2v) is 27.5. The third kappa shape index (κ3) is 11.5. The van der Waals surface area contributed by atoms with E-state index in [1.165, 1.54) is 8.61 Å². The minimum Gasteiger partial charge on any atom is -0.207 e. The standard InChI is InChI=1S/C52H74N4O8S4/c1-35-25-39(5)49(40(6)26-35)65(57,58)53-21-15-47(16-22-53)33-55(67(61,62)51-43(9)29-37(3)30-44(51)10)19-13-14-20-56(68(63,64)52-45(11)31-38(4)32-46(52)12)34-48-17-23-54(24-18-48)66(59,60)50-41(7)27-36(2)28-42(50)8/h25-32,47-48H,13-24,33-34H2,1-12H3. The Balaban J connectivity index is 1.21. The first-order valence-corrected chi connectivity index (χ1v) is 29.7. The van der Waals surface area contributed by atoms with Gasteiger partial charge in [0.25, 0.3) is 0 Å². The predicted molar refractivity (Wildman–Crippen MR) is 272 cm³/mol. The van der Waals surface area contributed by atoms with Crippen LogP contribution < -0.4 is 0 Å². The van der Waals surface area contributed by atoms with Crippen molar-refractivity contribution in [2.75, 3.05) is 52.4 Å². The van der Waals surface area contributed by atoms with Crippen molar-refractivity contribution < 1.29 is 33.7 Å². The lowest BCUT2D eigenvalue weighted by Crippen LogP contribution is -2.44. The van der Waals surface area contributed by atoms with Crippen molar-refractivity contribution in [2.24, 2.45) is 11.8 Å². The van der Waals surface area contributed by atoms with Crippen molar-refractivity contribution in [1.82, 2.24) is 17.2 Å². The van der Waals surface area contributed by atoms with Gasteiger partial charge >= 0.3 is 0 Å². The van der Waals surface area contributed by atoms with Gasteiger partial charge < -0.3 is 0 Å². The van der Waals surface area contributed by atoms with E-state index in [1.54, 1.807) is 8.61 Å². The van der Waals surface area contributed by atoms with Gasteiger partial charge in [0.15, 0.2) is 0 Å². The molecule has 4 aromatic rings. The summed E-state index contributed by atoms with van der Waals surface area (Å²) in [6.07, 6.45) is 2.73. The Morgan fingerprint density at radius 3 is 0.838 bits per heavy atom. The molecule has 0 amide bonds. The summed E-state index contributed by atoms with van der Waals surface area (Å²) < 4.78 is 121. The first kappa shape index (κ1) is 53.9. The average Bonchev–Trinajstić information content (AvgIpc) is 3.19. The van der Waals surface area contributed by atoms with Crippen LogP contribution in [0.15, 0.2) is 68.1 Å². The summed E-state index contributed by atoms with van der Waals surface area (Å²) in [5, 5.41) is 0. The zero-order chi connectivity index (χ0) is 50.3. The Hall–Kier alpha value is -3.48. The molecule has 0 aliphatic carbocycles. The molecule has 0 spiro atoms. The highest BCUT2D eigenvalue weighted by Gasteiger charge is 2.37. The van der Waals surface area contributed by atoms with Crippen LogP contribution in [0, 0.1) is 94.9 Å². The number of rotatable bonds is 17. The number of unbranched alkanes of at least 4 members (excludes halogenated alkanes) is 1. The number of aryl methyl sites for hydroxylation is 12. The molecule has 6 rings (SSSR count). The van der Waals surface area contributed by atoms with Crippen LogP contribution in [0.4, 0.5) is 0 Å². The molecule has 2 saturated heterocycles. The van der Waals surface area contributed by atoms with E-state index in [9.17, 15) is 33.7 Å². The molecule has 2 aliphatic heterocycles. The van der Waals surface area contributed by atoms with Gasteiger partial charge in [-0.25, -0.2) is 33.7 Å². The van der Waals surface area contributed by atoms with Crippen LogP contribution >= 0.6 is 0 Å². The first-order chi connectivity index (χ1) is 31.7. The van der Waals surface area contributed by atoms with E-state index in [1.807, 2.05) is 132 Å². The number of nitrogens with zero attached hydrogens (tertiary/aromatic N) is 4. The molecule has 0 aromatic heterocycles. The third-order valence-electron chi connectivity index (χ3n) is 13.9. The Morgan fingerprint density at radius 2 is 0.603 bits per heavy atom. The van der Waals surface area contributed by atoms with Gasteiger partial charge in [0.2, 0.25) is 40.1 Å². The van der Waals surface area contributed by atoms with Gasteiger partial charge in [-0.2, -0.15) is 17.2 Å². The first-order valence-electron chi connectivity index (χ1n) is 24.0. The number of hydrogen-bond acceptors (Lipinski definition) is 8. The Bertz CT molecular complexity index is 2700. The van der Waals surface area contributed by atoms with Gasteiger partial charge in [-0.15, -0.1) is 0 Å². The lowest BCUT2D eigenvalue weighted by molar-refractivity contribution is 0.226. The molecule has 16 heteroatoms. The SMILES string of the molecule is Cc1cc(C)c(S(=O)(=O)N2CCC(CN(CCCCN(CC3CCN(S(=O)(=O)c4c(C)cc(C)cc4C)CC3)S(=O)(=O)c3c(C)cc(C)cc3C)S(=O)(=O)c3c(C)cc(C)cc3C)CC2)c(C)c1. The Kier molecular flexibility index (Phi) is 16.7. The highest BCUT2D eigenvalue weighted by molar-refractivity contribution is 7.90. The molecule has 0 radical (unpaired) electrons. The van der Waals surface area contributed by atoms with E-state index >= 15 is 0 Å². The summed E-state index contributed by atoms with van der Waals surface area (Å²) >= 11 is 0. The second kappa shape index (κ2) is 21.1. The quantitative estimate of drug-likeness (QED) is 0.0952. The molecule has 0 N–H and O–H groups in total. The van der Waals surface area contributed by atoms with Gasteiger partial charge in [0, 0.05) is 52.4 Å². The maximum Gasteiger partial charge on any atom is 0.243 e. The summed E-state index contributed by atoms with van der Waals surface area (Å²) in [6, 6.07) is 15.0. The fourth-order valence-corrected chi connectivity index (χ4v) is 18.9. The molecule has 68 heavy (non-hydrogen) atoms. The topological polar surface area (TPSA) is 150 Å². The van der Waals surface area contributed by atoms with E-state index in [-0.39, 0.29) is 74.0 Å². The summed E-state index contributed by atoms with van der Waals surface area (Å²) in [7, 11) is -15.6. The molecule has 0 saturated carbocycles. The van der Waals surface area contributed by atoms with E-state index < -0.39 is 40.1 Å². The number of sulfonamides is 4. The van der Waals surface area contributed by atoms with E-state index in [4.69, 9.17) is 0 Å². The highest BCUT2D eigenvalue weighted by Crippen LogP contribution is 2.34. The van der Waals surface area contributed by atoms with E-state index in [0.717, 1.165) is 22.3 Å². The maximum atomic E-state index is 14.8. The molecule has 4 aromatic carbocycles. The molecule has 0 unspecified atom stereocenters. The van der Waals surface area contributed by atoms with Crippen LogP contribution in [-0.2, 0) is 40.1 Å². The Labute approximate surface area is 409 Å². The number of hydrogen-bond donors (Lipinski definition) is 0. The normalized spacial score (nSPS) is 16.6. The molecule has 0 atom stereocenters. The highest BCUT2D eigenvalue weighted by atomic mass is 32.2. The third-order valence-corrected chi connectivity index (χ3v) is 22.7.